The number of hydrogen-bond donors (Lipinski definition) is 1. The summed E-state index contributed by atoms with van der Waals surface area (Å²) in [6.45, 7) is 8.25. The summed E-state index contributed by atoms with van der Waals surface area (Å²) in [7, 11) is 0. The first-order valence-electron chi connectivity index (χ1n) is 9.82. The number of pyridine rings is 1. The van der Waals surface area contributed by atoms with Gasteiger partial charge in [-0.15, -0.1) is 23.5 Å². The fourth-order valence-corrected chi connectivity index (χ4v) is 4.78. The van der Waals surface area contributed by atoms with E-state index in [2.05, 4.69) is 17.2 Å². The standard InChI is InChI=1S/C20H30N2O5S2/c1-7-8-9-24-14-15(25-19-16(14)26-20(3,4)27-19)17(23)22-13-12(28-5)10-11(2)21-18(13)29-6/h10,14-16,19H,7-9H2,1-6H3,(H,22,23)/t14-,15-,16+,19?/m0/s1. The molecule has 0 radical (unpaired) electrons. The molecule has 9 heteroatoms. The second-order valence-corrected chi connectivity index (χ2v) is 9.20. The molecule has 1 N–H and O–H groups in total. The zero-order valence-corrected chi connectivity index (χ0v) is 19.4. The number of aromatic nitrogens is 1. The maximum atomic E-state index is 13.2. The number of nitrogens with zero attached hydrogens (tertiary/aromatic N) is 1. The predicted octanol–water partition coefficient (Wildman–Crippen LogP) is 3.83. The number of carbonyl (C=O) groups is 1. The molecule has 0 saturated carbocycles. The zero-order valence-electron chi connectivity index (χ0n) is 17.8. The molecule has 1 unspecified atom stereocenters. The number of unbranched alkanes of at least 4 members (excludes halogenated alkanes) is 1. The maximum Gasteiger partial charge on any atom is 0.256 e. The molecule has 162 valence electrons. The summed E-state index contributed by atoms with van der Waals surface area (Å²) < 4.78 is 23.8. The van der Waals surface area contributed by atoms with Gasteiger partial charge in [0.1, 0.15) is 17.2 Å². The van der Waals surface area contributed by atoms with Crippen molar-refractivity contribution in [3.05, 3.63) is 11.8 Å². The Morgan fingerprint density at radius 1 is 1.31 bits per heavy atom. The zero-order chi connectivity index (χ0) is 21.2. The highest BCUT2D eigenvalue weighted by molar-refractivity contribution is 7.99. The summed E-state index contributed by atoms with van der Waals surface area (Å²) in [5, 5.41) is 3.80. The number of fused-ring (bicyclic) bond motifs is 1. The molecule has 1 aromatic heterocycles. The summed E-state index contributed by atoms with van der Waals surface area (Å²) in [5.41, 5.74) is 1.61. The maximum absolute atomic E-state index is 13.2. The molecule has 3 rings (SSSR count). The summed E-state index contributed by atoms with van der Waals surface area (Å²) in [6.07, 6.45) is 3.43. The third kappa shape index (κ3) is 5.08. The van der Waals surface area contributed by atoms with Crippen LogP contribution in [0.1, 0.15) is 39.3 Å². The van der Waals surface area contributed by atoms with E-state index >= 15 is 0 Å². The van der Waals surface area contributed by atoms with Crippen LogP contribution in [-0.4, -0.2) is 60.4 Å². The topological polar surface area (TPSA) is 78.9 Å². The monoisotopic (exact) mass is 442 g/mol. The van der Waals surface area contributed by atoms with Crippen LogP contribution in [0.4, 0.5) is 5.69 Å². The number of nitrogens with one attached hydrogen (secondary N) is 1. The Balaban J connectivity index is 1.81. The summed E-state index contributed by atoms with van der Waals surface area (Å²) in [5.74, 6) is -1.04. The number of hydrogen-bond acceptors (Lipinski definition) is 8. The number of anilines is 1. The lowest BCUT2D eigenvalue weighted by atomic mass is 10.1. The van der Waals surface area contributed by atoms with Gasteiger partial charge in [-0.2, -0.15) is 0 Å². The van der Waals surface area contributed by atoms with Gasteiger partial charge in [0, 0.05) is 17.2 Å². The second kappa shape index (κ2) is 9.53. The Hall–Kier alpha value is -0.840. The minimum Gasteiger partial charge on any atom is -0.372 e. The smallest absolute Gasteiger partial charge is 0.256 e. The van der Waals surface area contributed by atoms with Crippen molar-refractivity contribution in [1.29, 1.82) is 0 Å². The number of thioether (sulfide) groups is 2. The average Bonchev–Trinajstić information content (AvgIpc) is 3.15. The van der Waals surface area contributed by atoms with Crippen LogP contribution in [0.3, 0.4) is 0 Å². The molecule has 2 aliphatic heterocycles. The first-order valence-corrected chi connectivity index (χ1v) is 12.3. The highest BCUT2D eigenvalue weighted by atomic mass is 32.2. The van der Waals surface area contributed by atoms with Crippen molar-refractivity contribution >= 4 is 35.1 Å². The highest BCUT2D eigenvalue weighted by Crippen LogP contribution is 2.40. The molecule has 0 spiro atoms. The van der Waals surface area contributed by atoms with Crippen molar-refractivity contribution in [3.63, 3.8) is 0 Å². The Morgan fingerprint density at radius 2 is 2.07 bits per heavy atom. The lowest BCUT2D eigenvalue weighted by Gasteiger charge is -2.26. The van der Waals surface area contributed by atoms with Crippen molar-refractivity contribution in [1.82, 2.24) is 4.98 Å². The minimum atomic E-state index is -0.816. The Kier molecular flexibility index (Phi) is 7.51. The third-order valence-electron chi connectivity index (χ3n) is 4.80. The molecule has 0 aromatic carbocycles. The molecule has 2 saturated heterocycles. The molecule has 0 aliphatic carbocycles. The molecule has 3 heterocycles. The van der Waals surface area contributed by atoms with Crippen molar-refractivity contribution in [2.24, 2.45) is 0 Å². The molecule has 1 amide bonds. The largest absolute Gasteiger partial charge is 0.372 e. The van der Waals surface area contributed by atoms with Crippen molar-refractivity contribution < 1.29 is 23.7 Å². The van der Waals surface area contributed by atoms with E-state index in [1.54, 1.807) is 11.8 Å². The first-order chi connectivity index (χ1) is 13.8. The number of aryl methyl sites for hydroxylation is 1. The predicted molar refractivity (Wildman–Crippen MR) is 115 cm³/mol. The summed E-state index contributed by atoms with van der Waals surface area (Å²) in [6, 6.07) is 1.97. The fourth-order valence-electron chi connectivity index (χ4n) is 3.47. The van der Waals surface area contributed by atoms with Crippen LogP contribution in [0.2, 0.25) is 0 Å². The molecular weight excluding hydrogens is 412 g/mol. The Bertz CT molecular complexity index is 721. The molecule has 1 aromatic rings. The van der Waals surface area contributed by atoms with Crippen molar-refractivity contribution in [3.8, 4) is 0 Å². The molecule has 2 aliphatic rings. The third-order valence-corrected chi connectivity index (χ3v) is 6.24. The number of carbonyl (C=O) groups excluding carboxylic acids is 1. The van der Waals surface area contributed by atoms with E-state index < -0.39 is 30.4 Å². The van der Waals surface area contributed by atoms with Crippen LogP contribution in [0.5, 0.6) is 0 Å². The van der Waals surface area contributed by atoms with Gasteiger partial charge in [0.25, 0.3) is 5.91 Å². The Morgan fingerprint density at radius 3 is 2.72 bits per heavy atom. The number of ether oxygens (including phenoxy) is 4. The van der Waals surface area contributed by atoms with E-state index in [4.69, 9.17) is 18.9 Å². The average molecular weight is 443 g/mol. The van der Waals surface area contributed by atoms with E-state index in [0.717, 1.165) is 28.5 Å². The van der Waals surface area contributed by atoms with Crippen LogP contribution in [0.25, 0.3) is 0 Å². The van der Waals surface area contributed by atoms with Gasteiger partial charge in [0.15, 0.2) is 18.2 Å². The Labute approximate surface area is 181 Å². The normalized spacial score (nSPS) is 27.8. The van der Waals surface area contributed by atoms with Gasteiger partial charge in [-0.3, -0.25) is 4.79 Å². The molecule has 29 heavy (non-hydrogen) atoms. The van der Waals surface area contributed by atoms with Crippen LogP contribution in [-0.2, 0) is 23.7 Å². The lowest BCUT2D eigenvalue weighted by Crippen LogP contribution is -2.43. The van der Waals surface area contributed by atoms with Crippen LogP contribution >= 0.6 is 23.5 Å². The van der Waals surface area contributed by atoms with Crippen LogP contribution < -0.4 is 5.32 Å². The second-order valence-electron chi connectivity index (χ2n) is 7.55. The van der Waals surface area contributed by atoms with Crippen LogP contribution in [0, 0.1) is 6.92 Å². The van der Waals surface area contributed by atoms with Crippen LogP contribution in [0.15, 0.2) is 16.0 Å². The fraction of sp³-hybridized carbons (Fsp3) is 0.700. The van der Waals surface area contributed by atoms with Gasteiger partial charge in [0.2, 0.25) is 0 Å². The number of amides is 1. The van der Waals surface area contributed by atoms with E-state index in [9.17, 15) is 4.79 Å². The molecular formula is C20H30N2O5S2. The van der Waals surface area contributed by atoms with Gasteiger partial charge < -0.3 is 24.3 Å². The molecule has 2 fully saturated rings. The number of rotatable bonds is 8. The van der Waals surface area contributed by atoms with Gasteiger partial charge in [0.05, 0.1) is 5.69 Å². The van der Waals surface area contributed by atoms with E-state index in [0.29, 0.717) is 12.3 Å². The van der Waals surface area contributed by atoms with E-state index in [1.807, 2.05) is 39.3 Å². The van der Waals surface area contributed by atoms with Gasteiger partial charge in [-0.1, -0.05) is 13.3 Å². The highest BCUT2D eigenvalue weighted by Gasteiger charge is 2.57. The quantitative estimate of drug-likeness (QED) is 0.481. The van der Waals surface area contributed by atoms with Gasteiger partial charge in [-0.25, -0.2) is 4.98 Å². The van der Waals surface area contributed by atoms with Gasteiger partial charge >= 0.3 is 0 Å². The first kappa shape index (κ1) is 22.8. The molecule has 4 atom stereocenters. The summed E-state index contributed by atoms with van der Waals surface area (Å²) >= 11 is 3.07. The summed E-state index contributed by atoms with van der Waals surface area (Å²) in [4.78, 5) is 18.7. The SMILES string of the molecule is CCCCO[C@H]1[C@@H](C(=O)Nc2c(SC)cc(C)nc2SC)OC2OC(C)(C)O[C@@H]21. The van der Waals surface area contributed by atoms with E-state index in [1.165, 1.54) is 11.8 Å². The van der Waals surface area contributed by atoms with Gasteiger partial charge in [-0.05, 0) is 45.8 Å². The molecule has 0 bridgehead atoms. The van der Waals surface area contributed by atoms with Crippen molar-refractivity contribution in [2.75, 3.05) is 24.4 Å². The van der Waals surface area contributed by atoms with E-state index in [-0.39, 0.29) is 5.91 Å². The van der Waals surface area contributed by atoms with Crippen molar-refractivity contribution in [2.45, 2.75) is 80.8 Å². The molecule has 7 nitrogen and oxygen atoms in total. The lowest BCUT2D eigenvalue weighted by molar-refractivity contribution is -0.217. The minimum absolute atomic E-state index is 0.276.